The molecule has 0 atom stereocenters. The third-order valence-electron chi connectivity index (χ3n) is 7.20. The number of para-hydroxylation sites is 2. The molecule has 1 saturated heterocycles. The lowest BCUT2D eigenvalue weighted by molar-refractivity contribution is 0.174. The Labute approximate surface area is 216 Å². The fourth-order valence-corrected chi connectivity index (χ4v) is 5.23. The Bertz CT molecular complexity index is 1410. The maximum atomic E-state index is 14.7. The highest BCUT2D eigenvalue weighted by molar-refractivity contribution is 5.76. The van der Waals surface area contributed by atoms with Crippen molar-refractivity contribution in [3.8, 4) is 17.2 Å². The molecule has 1 fully saturated rings. The van der Waals surface area contributed by atoms with Crippen LogP contribution in [0.1, 0.15) is 23.4 Å². The van der Waals surface area contributed by atoms with Crippen LogP contribution in [0, 0.1) is 5.82 Å². The zero-order valence-corrected chi connectivity index (χ0v) is 21.0. The van der Waals surface area contributed by atoms with E-state index in [1.807, 2.05) is 24.3 Å². The number of hydrogen-bond donors (Lipinski definition) is 0. The van der Waals surface area contributed by atoms with Gasteiger partial charge in [0.1, 0.15) is 17.4 Å². The second-order valence-corrected chi connectivity index (χ2v) is 9.65. The molecule has 4 aromatic rings. The molecule has 3 heterocycles. The first-order chi connectivity index (χ1) is 18.2. The van der Waals surface area contributed by atoms with Gasteiger partial charge in [-0.3, -0.25) is 9.80 Å². The predicted octanol–water partition coefficient (Wildman–Crippen LogP) is 4.67. The average Bonchev–Trinajstić information content (AvgIpc) is 3.45. The van der Waals surface area contributed by atoms with Crippen LogP contribution in [0.5, 0.6) is 17.2 Å². The summed E-state index contributed by atoms with van der Waals surface area (Å²) in [6.45, 7) is 6.26. The predicted molar refractivity (Wildman–Crippen MR) is 140 cm³/mol. The fraction of sp³-hybridized carbons (Fsp3) is 0.345. The first kappa shape index (κ1) is 23.8. The van der Waals surface area contributed by atoms with E-state index >= 15 is 0 Å². The number of halogens is 1. The molecule has 37 heavy (non-hydrogen) atoms. The standard InChI is InChI=1S/C29H31FN4O3/c1-35-23-8-9-24(30)22(16-23)18-34-26-6-3-2-5-25(26)31-29(34)19-33-12-4-11-32(13-14-33)17-21-7-10-27-28(15-21)37-20-36-27/h2-3,5-10,15-16H,4,11-14,17-20H2,1H3. The van der Waals surface area contributed by atoms with Gasteiger partial charge in [0.25, 0.3) is 0 Å². The summed E-state index contributed by atoms with van der Waals surface area (Å²) in [5, 5.41) is 0. The molecule has 0 amide bonds. The van der Waals surface area contributed by atoms with Gasteiger partial charge in [-0.05, 0) is 67.5 Å². The molecule has 0 saturated carbocycles. The molecule has 0 N–H and O–H groups in total. The third-order valence-corrected chi connectivity index (χ3v) is 7.20. The monoisotopic (exact) mass is 502 g/mol. The zero-order chi connectivity index (χ0) is 25.2. The van der Waals surface area contributed by atoms with Gasteiger partial charge >= 0.3 is 0 Å². The highest BCUT2D eigenvalue weighted by Gasteiger charge is 2.20. The van der Waals surface area contributed by atoms with Crippen molar-refractivity contribution in [1.29, 1.82) is 0 Å². The van der Waals surface area contributed by atoms with Crippen molar-refractivity contribution in [2.24, 2.45) is 0 Å². The van der Waals surface area contributed by atoms with Crippen LogP contribution in [0.15, 0.2) is 60.7 Å². The number of nitrogens with zero attached hydrogens (tertiary/aromatic N) is 4. The van der Waals surface area contributed by atoms with Crippen LogP contribution in [0.25, 0.3) is 11.0 Å². The highest BCUT2D eigenvalue weighted by atomic mass is 19.1. The van der Waals surface area contributed by atoms with Crippen molar-refractivity contribution in [3.63, 3.8) is 0 Å². The molecule has 0 spiro atoms. The molecule has 2 aliphatic rings. The van der Waals surface area contributed by atoms with E-state index in [0.29, 0.717) is 24.7 Å². The van der Waals surface area contributed by atoms with Crippen molar-refractivity contribution >= 4 is 11.0 Å². The molecule has 6 rings (SSSR count). The van der Waals surface area contributed by atoms with Crippen molar-refractivity contribution in [3.05, 3.63) is 83.4 Å². The fourth-order valence-electron chi connectivity index (χ4n) is 5.23. The molecular formula is C29H31FN4O3. The summed E-state index contributed by atoms with van der Waals surface area (Å²) >= 11 is 0. The smallest absolute Gasteiger partial charge is 0.231 e. The zero-order valence-electron chi connectivity index (χ0n) is 21.0. The van der Waals surface area contributed by atoms with Gasteiger partial charge in [0.15, 0.2) is 11.5 Å². The highest BCUT2D eigenvalue weighted by Crippen LogP contribution is 2.33. The lowest BCUT2D eigenvalue weighted by Gasteiger charge is -2.22. The maximum Gasteiger partial charge on any atom is 0.231 e. The number of benzene rings is 3. The van der Waals surface area contributed by atoms with Crippen LogP contribution in [-0.2, 0) is 19.6 Å². The Hall–Kier alpha value is -3.62. The first-order valence-electron chi connectivity index (χ1n) is 12.8. The summed E-state index contributed by atoms with van der Waals surface area (Å²) in [6, 6.07) is 19.2. The van der Waals surface area contributed by atoms with Crippen LogP contribution in [0.3, 0.4) is 0 Å². The van der Waals surface area contributed by atoms with Crippen LogP contribution < -0.4 is 14.2 Å². The van der Waals surface area contributed by atoms with Gasteiger partial charge in [-0.15, -0.1) is 0 Å². The molecule has 0 aliphatic carbocycles. The van der Waals surface area contributed by atoms with Gasteiger partial charge in [0.05, 0.1) is 31.2 Å². The van der Waals surface area contributed by atoms with E-state index in [1.165, 1.54) is 11.6 Å². The summed E-state index contributed by atoms with van der Waals surface area (Å²) in [5.41, 5.74) is 3.77. The van der Waals surface area contributed by atoms with Crippen LogP contribution in [0.4, 0.5) is 4.39 Å². The lowest BCUT2D eigenvalue weighted by Crippen LogP contribution is -2.31. The molecule has 7 nitrogen and oxygen atoms in total. The average molecular weight is 503 g/mol. The Balaban J connectivity index is 1.18. The summed E-state index contributed by atoms with van der Waals surface area (Å²) in [4.78, 5) is 9.90. The van der Waals surface area contributed by atoms with Crippen LogP contribution in [-0.4, -0.2) is 59.4 Å². The lowest BCUT2D eigenvalue weighted by atomic mass is 10.2. The first-order valence-corrected chi connectivity index (χ1v) is 12.8. The normalized spacial score (nSPS) is 16.3. The molecular weight excluding hydrogens is 471 g/mol. The number of ether oxygens (including phenoxy) is 3. The minimum Gasteiger partial charge on any atom is -0.497 e. The second kappa shape index (κ2) is 10.4. The van der Waals surface area contributed by atoms with E-state index in [4.69, 9.17) is 19.2 Å². The van der Waals surface area contributed by atoms with E-state index in [9.17, 15) is 4.39 Å². The number of imidazole rings is 1. The van der Waals surface area contributed by atoms with Gasteiger partial charge in [-0.1, -0.05) is 18.2 Å². The Kier molecular flexibility index (Phi) is 6.68. The summed E-state index contributed by atoms with van der Waals surface area (Å²) in [7, 11) is 1.60. The quantitative estimate of drug-likeness (QED) is 0.366. The van der Waals surface area contributed by atoms with E-state index in [1.54, 1.807) is 19.2 Å². The Morgan fingerprint density at radius 3 is 2.54 bits per heavy atom. The van der Waals surface area contributed by atoms with E-state index in [2.05, 4.69) is 32.6 Å². The Morgan fingerprint density at radius 2 is 1.68 bits per heavy atom. The molecule has 192 valence electrons. The Morgan fingerprint density at radius 1 is 0.865 bits per heavy atom. The molecule has 3 aromatic carbocycles. The van der Waals surface area contributed by atoms with Gasteiger partial charge in [0.2, 0.25) is 6.79 Å². The largest absolute Gasteiger partial charge is 0.497 e. The van der Waals surface area contributed by atoms with Crippen molar-refractivity contribution < 1.29 is 18.6 Å². The maximum absolute atomic E-state index is 14.7. The number of rotatable bonds is 7. The van der Waals surface area contributed by atoms with Gasteiger partial charge in [-0.2, -0.15) is 0 Å². The molecule has 0 radical (unpaired) electrons. The van der Waals surface area contributed by atoms with Crippen molar-refractivity contribution in [2.45, 2.75) is 26.1 Å². The van der Waals surface area contributed by atoms with Crippen molar-refractivity contribution in [2.75, 3.05) is 40.1 Å². The van der Waals surface area contributed by atoms with E-state index in [0.717, 1.165) is 74.0 Å². The molecule has 8 heteroatoms. The number of hydrogen-bond acceptors (Lipinski definition) is 6. The number of fused-ring (bicyclic) bond motifs is 2. The topological polar surface area (TPSA) is 52.0 Å². The SMILES string of the molecule is COc1ccc(F)c(Cn2c(CN3CCCN(Cc4ccc5c(c4)OCO5)CC3)nc3ccccc32)c1. The van der Waals surface area contributed by atoms with Gasteiger partial charge in [-0.25, -0.2) is 9.37 Å². The molecule has 1 aromatic heterocycles. The summed E-state index contributed by atoms with van der Waals surface area (Å²) in [5.74, 6) is 3.02. The molecule has 0 bridgehead atoms. The number of aromatic nitrogens is 2. The minimum absolute atomic E-state index is 0.238. The van der Waals surface area contributed by atoms with Gasteiger partial charge < -0.3 is 18.8 Å². The molecule has 0 unspecified atom stereocenters. The third kappa shape index (κ3) is 5.12. The van der Waals surface area contributed by atoms with Crippen molar-refractivity contribution in [1.82, 2.24) is 19.4 Å². The van der Waals surface area contributed by atoms with E-state index < -0.39 is 0 Å². The summed E-state index contributed by atoms with van der Waals surface area (Å²) in [6.07, 6.45) is 1.08. The minimum atomic E-state index is -0.238. The van der Waals surface area contributed by atoms with Gasteiger partial charge in [0, 0.05) is 25.2 Å². The molecule has 2 aliphatic heterocycles. The summed E-state index contributed by atoms with van der Waals surface area (Å²) < 4.78 is 33.2. The number of methoxy groups -OCH3 is 1. The van der Waals surface area contributed by atoms with Crippen LogP contribution >= 0.6 is 0 Å². The second-order valence-electron chi connectivity index (χ2n) is 9.65. The van der Waals surface area contributed by atoms with Crippen LogP contribution in [0.2, 0.25) is 0 Å². The van der Waals surface area contributed by atoms with E-state index in [-0.39, 0.29) is 5.82 Å².